The summed E-state index contributed by atoms with van der Waals surface area (Å²) in [5.74, 6) is -0.351. The Morgan fingerprint density at radius 3 is 2.11 bits per heavy atom. The fraction of sp³-hybridized carbons (Fsp3) is 0.750. The molecule has 0 aromatic carbocycles. The van der Waals surface area contributed by atoms with Crippen molar-refractivity contribution in [1.82, 2.24) is 0 Å². The van der Waals surface area contributed by atoms with Gasteiger partial charge in [0.15, 0.2) is 0 Å². The van der Waals surface area contributed by atoms with Gasteiger partial charge in [-0.05, 0) is 0 Å². The molecule has 0 heterocycles. The summed E-state index contributed by atoms with van der Waals surface area (Å²) >= 11 is 9.56. The molecular formula is C4H6Br3NO. The van der Waals surface area contributed by atoms with E-state index in [2.05, 4.69) is 47.8 Å². The van der Waals surface area contributed by atoms with Crippen molar-refractivity contribution in [2.45, 2.75) is 9.65 Å². The first-order chi connectivity index (χ1) is 4.09. The lowest BCUT2D eigenvalue weighted by Crippen LogP contribution is -2.31. The fourth-order valence-electron chi connectivity index (χ4n) is 0.256. The van der Waals surface area contributed by atoms with Gasteiger partial charge in [-0.25, -0.2) is 0 Å². The van der Waals surface area contributed by atoms with E-state index in [9.17, 15) is 4.79 Å². The number of amides is 1. The predicted molar refractivity (Wildman–Crippen MR) is 48.4 cm³/mol. The van der Waals surface area contributed by atoms with Crippen molar-refractivity contribution in [3.63, 3.8) is 0 Å². The summed E-state index contributed by atoms with van der Waals surface area (Å²) in [6, 6.07) is 0. The van der Waals surface area contributed by atoms with Gasteiger partial charge >= 0.3 is 0 Å². The second kappa shape index (κ2) is 4.68. The Morgan fingerprint density at radius 2 is 2.00 bits per heavy atom. The van der Waals surface area contributed by atoms with Crippen molar-refractivity contribution < 1.29 is 4.79 Å². The molecule has 54 valence electrons. The smallest absolute Gasteiger partial charge is 0.232 e. The van der Waals surface area contributed by atoms with Crippen molar-refractivity contribution in [2.75, 3.05) is 5.33 Å². The summed E-state index contributed by atoms with van der Waals surface area (Å²) in [4.78, 5) is 10.2. The fourth-order valence-corrected chi connectivity index (χ4v) is 1.58. The van der Waals surface area contributed by atoms with Crippen LogP contribution >= 0.6 is 47.8 Å². The Hall–Kier alpha value is 0.910. The SMILES string of the molecule is NC(=O)[C@H](Br)[C@@H](Br)CBr. The van der Waals surface area contributed by atoms with E-state index in [-0.39, 0.29) is 15.6 Å². The summed E-state index contributed by atoms with van der Waals surface area (Å²) in [5, 5.41) is 0.700. The van der Waals surface area contributed by atoms with E-state index in [1.165, 1.54) is 0 Å². The average molecular weight is 324 g/mol. The second-order valence-electron chi connectivity index (χ2n) is 1.47. The van der Waals surface area contributed by atoms with Crippen LogP contribution in [0.3, 0.4) is 0 Å². The molecule has 0 unspecified atom stereocenters. The minimum absolute atomic E-state index is 0.0648. The Morgan fingerprint density at radius 1 is 1.56 bits per heavy atom. The van der Waals surface area contributed by atoms with Gasteiger partial charge in [-0.3, -0.25) is 4.79 Å². The largest absolute Gasteiger partial charge is 0.369 e. The molecule has 1 amide bonds. The number of halogens is 3. The number of alkyl halides is 3. The molecule has 0 saturated heterocycles. The maximum Gasteiger partial charge on any atom is 0.232 e. The molecule has 0 spiro atoms. The molecule has 0 bridgehead atoms. The van der Waals surface area contributed by atoms with Gasteiger partial charge in [0.25, 0.3) is 0 Å². The van der Waals surface area contributed by atoms with Crippen LogP contribution < -0.4 is 5.73 Å². The van der Waals surface area contributed by atoms with Crippen molar-refractivity contribution >= 4 is 53.7 Å². The lowest BCUT2D eigenvalue weighted by molar-refractivity contribution is -0.117. The van der Waals surface area contributed by atoms with Crippen LogP contribution in [0, 0.1) is 0 Å². The minimum atomic E-state index is -0.351. The summed E-state index contributed by atoms with van der Waals surface area (Å²) < 4.78 is 0. The summed E-state index contributed by atoms with van der Waals surface area (Å²) in [6.45, 7) is 0. The zero-order chi connectivity index (χ0) is 7.44. The quantitative estimate of drug-likeness (QED) is 0.784. The Kier molecular flexibility index (Phi) is 5.16. The predicted octanol–water partition coefficient (Wildman–Crippen LogP) is 1.39. The highest BCUT2D eigenvalue weighted by molar-refractivity contribution is 9.13. The molecule has 0 rings (SSSR count). The first-order valence-corrected chi connectivity index (χ1v) is 5.18. The highest BCUT2D eigenvalue weighted by Crippen LogP contribution is 2.15. The molecule has 5 heteroatoms. The molecular weight excluding hydrogens is 318 g/mol. The number of rotatable bonds is 3. The zero-order valence-corrected chi connectivity index (χ0v) is 9.24. The molecule has 0 saturated carbocycles. The molecule has 0 aliphatic carbocycles. The molecule has 0 aliphatic heterocycles. The van der Waals surface area contributed by atoms with Crippen LogP contribution in [0.5, 0.6) is 0 Å². The molecule has 0 aliphatic rings. The van der Waals surface area contributed by atoms with Crippen LogP contribution in [0.2, 0.25) is 0 Å². The summed E-state index contributed by atoms with van der Waals surface area (Å²) in [6.07, 6.45) is 0. The number of hydrogen-bond donors (Lipinski definition) is 1. The third-order valence-corrected chi connectivity index (χ3v) is 4.95. The molecule has 0 radical (unpaired) electrons. The second-order valence-corrected chi connectivity index (χ2v) is 4.28. The molecule has 9 heavy (non-hydrogen) atoms. The van der Waals surface area contributed by atoms with Crippen LogP contribution in [0.15, 0.2) is 0 Å². The normalized spacial score (nSPS) is 16.8. The number of carbonyl (C=O) groups is 1. The number of primary amides is 1. The van der Waals surface area contributed by atoms with Crippen LogP contribution in [-0.2, 0) is 4.79 Å². The molecule has 2 nitrogen and oxygen atoms in total. The molecule has 0 aromatic rings. The highest BCUT2D eigenvalue weighted by atomic mass is 79.9. The van der Waals surface area contributed by atoms with Gasteiger partial charge in [-0.1, -0.05) is 47.8 Å². The van der Waals surface area contributed by atoms with Gasteiger partial charge in [0, 0.05) is 10.2 Å². The summed E-state index contributed by atoms with van der Waals surface area (Å²) in [7, 11) is 0. The third kappa shape index (κ3) is 3.57. The van der Waals surface area contributed by atoms with E-state index in [1.54, 1.807) is 0 Å². The average Bonchev–Trinajstić information content (AvgIpc) is 1.84. The van der Waals surface area contributed by atoms with Crippen LogP contribution in [0.25, 0.3) is 0 Å². The lowest BCUT2D eigenvalue weighted by Gasteiger charge is -2.08. The first-order valence-electron chi connectivity index (χ1n) is 2.23. The Labute approximate surface area is 78.9 Å². The maximum atomic E-state index is 10.4. The number of carbonyl (C=O) groups excluding carboxylic acids is 1. The van der Waals surface area contributed by atoms with E-state index in [4.69, 9.17) is 5.73 Å². The van der Waals surface area contributed by atoms with Crippen molar-refractivity contribution in [3.8, 4) is 0 Å². The number of nitrogens with two attached hydrogens (primary N) is 1. The monoisotopic (exact) mass is 321 g/mol. The molecule has 2 atom stereocenters. The Balaban J connectivity index is 3.72. The van der Waals surface area contributed by atoms with Crippen LogP contribution in [0.4, 0.5) is 0 Å². The highest BCUT2D eigenvalue weighted by Gasteiger charge is 2.19. The molecule has 0 aromatic heterocycles. The van der Waals surface area contributed by atoms with Gasteiger partial charge in [0.2, 0.25) is 5.91 Å². The van der Waals surface area contributed by atoms with Crippen LogP contribution in [-0.4, -0.2) is 20.9 Å². The zero-order valence-electron chi connectivity index (χ0n) is 4.48. The van der Waals surface area contributed by atoms with E-state index in [0.29, 0.717) is 5.33 Å². The van der Waals surface area contributed by atoms with Gasteiger partial charge in [-0.2, -0.15) is 0 Å². The van der Waals surface area contributed by atoms with Gasteiger partial charge < -0.3 is 5.73 Å². The minimum Gasteiger partial charge on any atom is -0.369 e. The maximum absolute atomic E-state index is 10.4. The van der Waals surface area contributed by atoms with Crippen molar-refractivity contribution in [2.24, 2.45) is 5.73 Å². The first kappa shape index (κ1) is 9.91. The van der Waals surface area contributed by atoms with E-state index in [0.717, 1.165) is 0 Å². The topological polar surface area (TPSA) is 43.1 Å². The van der Waals surface area contributed by atoms with Gasteiger partial charge in [0.05, 0.1) is 0 Å². The Bertz CT molecular complexity index is 108. The third-order valence-electron chi connectivity index (χ3n) is 0.737. The van der Waals surface area contributed by atoms with Gasteiger partial charge in [-0.15, -0.1) is 0 Å². The van der Waals surface area contributed by atoms with E-state index in [1.807, 2.05) is 0 Å². The number of hydrogen-bond acceptors (Lipinski definition) is 1. The van der Waals surface area contributed by atoms with Crippen molar-refractivity contribution in [1.29, 1.82) is 0 Å². The van der Waals surface area contributed by atoms with Gasteiger partial charge in [0.1, 0.15) is 4.83 Å². The molecule has 2 N–H and O–H groups in total. The van der Waals surface area contributed by atoms with Crippen LogP contribution in [0.1, 0.15) is 0 Å². The standard InChI is InChI=1S/C4H6Br3NO/c5-1-2(6)3(7)4(8)9/h2-3H,1H2,(H2,8,9)/t2-,3+/m0/s1. The summed E-state index contributed by atoms with van der Waals surface area (Å²) in [5.41, 5.74) is 4.98. The van der Waals surface area contributed by atoms with E-state index < -0.39 is 0 Å². The van der Waals surface area contributed by atoms with E-state index >= 15 is 0 Å². The van der Waals surface area contributed by atoms with Crippen molar-refractivity contribution in [3.05, 3.63) is 0 Å². The lowest BCUT2D eigenvalue weighted by atomic mass is 10.3. The molecule has 0 fully saturated rings.